The topological polar surface area (TPSA) is 55.5 Å². The molecule has 3 nitrogen and oxygen atoms in total. The zero-order valence-corrected chi connectivity index (χ0v) is 17.3. The molecule has 0 aliphatic carbocycles. The van der Waals surface area contributed by atoms with Crippen molar-refractivity contribution in [1.82, 2.24) is 0 Å². The molecule has 0 heterocycles. The van der Waals surface area contributed by atoms with E-state index < -0.39 is 0 Å². The second-order valence-corrected chi connectivity index (χ2v) is 7.28. The fourth-order valence-corrected chi connectivity index (χ4v) is 3.18. The van der Waals surface area contributed by atoms with E-state index in [4.69, 9.17) is 10.5 Å². The molecule has 1 atom stereocenters. The summed E-state index contributed by atoms with van der Waals surface area (Å²) >= 11 is 0. The number of aromatic hydroxyl groups is 1. The molecular weight excluding hydrogens is 346 g/mol. The Hall–Kier alpha value is -2.94. The molecule has 148 valence electrons. The molecule has 3 heteroatoms. The molecule has 0 radical (unpaired) electrons. The number of ether oxygens (including phenoxy) is 1. The number of rotatable bonds is 8. The third kappa shape index (κ3) is 5.29. The Kier molecular flexibility index (Phi) is 7.51. The number of hydrogen-bond donors (Lipinski definition) is 2. The van der Waals surface area contributed by atoms with Crippen LogP contribution in [-0.4, -0.2) is 12.2 Å². The van der Waals surface area contributed by atoms with E-state index >= 15 is 0 Å². The molecule has 0 aliphatic heterocycles. The second kappa shape index (κ2) is 9.84. The fraction of sp³-hybridized carbons (Fsp3) is 0.280. The van der Waals surface area contributed by atoms with Crippen LogP contribution in [0.25, 0.3) is 5.57 Å². The molecular formula is C25H31NO2. The number of hydrogen-bond acceptors (Lipinski definition) is 3. The average molecular weight is 378 g/mol. The Morgan fingerprint density at radius 2 is 1.96 bits per heavy atom. The van der Waals surface area contributed by atoms with E-state index in [2.05, 4.69) is 57.2 Å². The summed E-state index contributed by atoms with van der Waals surface area (Å²) in [5.74, 6) is 0.672. The Labute approximate surface area is 168 Å². The van der Waals surface area contributed by atoms with Gasteiger partial charge in [-0.25, -0.2) is 0 Å². The van der Waals surface area contributed by atoms with Crippen molar-refractivity contribution in [2.75, 3.05) is 7.11 Å². The lowest BCUT2D eigenvalue weighted by molar-refractivity contribution is 0.369. The number of methoxy groups -OCH3 is 1. The van der Waals surface area contributed by atoms with Crippen LogP contribution in [0, 0.1) is 6.92 Å². The van der Waals surface area contributed by atoms with Gasteiger partial charge >= 0.3 is 0 Å². The molecule has 0 bridgehead atoms. The number of nitrogens with two attached hydrogens (primary N) is 1. The van der Waals surface area contributed by atoms with Gasteiger partial charge in [-0.15, -0.1) is 0 Å². The zero-order chi connectivity index (χ0) is 20.6. The second-order valence-electron chi connectivity index (χ2n) is 7.28. The van der Waals surface area contributed by atoms with Crippen molar-refractivity contribution < 1.29 is 9.84 Å². The predicted molar refractivity (Wildman–Crippen MR) is 119 cm³/mol. The Bertz CT molecular complexity index is 880. The highest BCUT2D eigenvalue weighted by Crippen LogP contribution is 2.37. The first-order chi connectivity index (χ1) is 13.4. The van der Waals surface area contributed by atoms with E-state index in [1.807, 2.05) is 24.3 Å². The minimum atomic E-state index is -0.0758. The SMILES string of the molecule is CCC(C)(C\C=C(/C=C\C=C\N)c1cccc(C)c1)c1ccc(O)c(OC)c1. The Morgan fingerprint density at radius 3 is 2.61 bits per heavy atom. The van der Waals surface area contributed by atoms with Gasteiger partial charge in [-0.05, 0) is 66.3 Å². The van der Waals surface area contributed by atoms with Crippen LogP contribution in [0.4, 0.5) is 0 Å². The van der Waals surface area contributed by atoms with Gasteiger partial charge < -0.3 is 15.6 Å². The quantitative estimate of drug-likeness (QED) is 0.565. The third-order valence-electron chi connectivity index (χ3n) is 5.28. The third-order valence-corrected chi connectivity index (χ3v) is 5.28. The molecule has 2 aromatic rings. The highest BCUT2D eigenvalue weighted by Gasteiger charge is 2.24. The van der Waals surface area contributed by atoms with Crippen LogP contribution >= 0.6 is 0 Å². The summed E-state index contributed by atoms with van der Waals surface area (Å²) in [5, 5.41) is 9.92. The van der Waals surface area contributed by atoms with Crippen molar-refractivity contribution >= 4 is 5.57 Å². The van der Waals surface area contributed by atoms with Gasteiger partial charge in [0.1, 0.15) is 0 Å². The average Bonchev–Trinajstić information content (AvgIpc) is 2.70. The highest BCUT2D eigenvalue weighted by atomic mass is 16.5. The summed E-state index contributed by atoms with van der Waals surface area (Å²) in [4.78, 5) is 0. The molecule has 0 spiro atoms. The number of aryl methyl sites for hydroxylation is 1. The fourth-order valence-electron chi connectivity index (χ4n) is 3.18. The largest absolute Gasteiger partial charge is 0.504 e. The maximum atomic E-state index is 9.92. The summed E-state index contributed by atoms with van der Waals surface area (Å²) < 4.78 is 5.30. The van der Waals surface area contributed by atoms with E-state index in [0.717, 1.165) is 24.0 Å². The van der Waals surface area contributed by atoms with Gasteiger partial charge in [0.05, 0.1) is 7.11 Å². The smallest absolute Gasteiger partial charge is 0.160 e. The van der Waals surface area contributed by atoms with Crippen LogP contribution in [0.3, 0.4) is 0 Å². The van der Waals surface area contributed by atoms with Gasteiger partial charge in [0.25, 0.3) is 0 Å². The summed E-state index contributed by atoms with van der Waals surface area (Å²) in [6.07, 6.45) is 11.5. The van der Waals surface area contributed by atoms with Crippen LogP contribution in [0.2, 0.25) is 0 Å². The zero-order valence-electron chi connectivity index (χ0n) is 17.3. The molecule has 28 heavy (non-hydrogen) atoms. The number of phenols is 1. The first kappa shape index (κ1) is 21.4. The van der Waals surface area contributed by atoms with E-state index in [0.29, 0.717) is 5.75 Å². The van der Waals surface area contributed by atoms with Crippen molar-refractivity contribution in [3.63, 3.8) is 0 Å². The molecule has 2 rings (SSSR count). The lowest BCUT2D eigenvalue weighted by Gasteiger charge is -2.28. The molecule has 2 aromatic carbocycles. The maximum absolute atomic E-state index is 9.92. The summed E-state index contributed by atoms with van der Waals surface area (Å²) in [7, 11) is 1.58. The molecule has 0 aromatic heterocycles. The van der Waals surface area contributed by atoms with Gasteiger partial charge in [0.15, 0.2) is 11.5 Å². The van der Waals surface area contributed by atoms with Gasteiger partial charge in [-0.3, -0.25) is 0 Å². The summed E-state index contributed by atoms with van der Waals surface area (Å²) in [5.41, 5.74) is 10.1. The van der Waals surface area contributed by atoms with E-state index in [1.54, 1.807) is 13.2 Å². The van der Waals surface area contributed by atoms with Crippen molar-refractivity contribution in [2.24, 2.45) is 5.73 Å². The first-order valence-electron chi connectivity index (χ1n) is 9.63. The molecule has 0 fully saturated rings. The number of phenolic OH excluding ortho intramolecular Hbond substituents is 1. The van der Waals surface area contributed by atoms with Crippen molar-refractivity contribution in [3.8, 4) is 11.5 Å². The highest BCUT2D eigenvalue weighted by molar-refractivity contribution is 5.74. The van der Waals surface area contributed by atoms with E-state index in [-0.39, 0.29) is 11.2 Å². The monoisotopic (exact) mass is 377 g/mol. The van der Waals surface area contributed by atoms with Gasteiger partial charge in [-0.2, -0.15) is 0 Å². The van der Waals surface area contributed by atoms with Gasteiger partial charge in [-0.1, -0.05) is 68.0 Å². The van der Waals surface area contributed by atoms with Gasteiger partial charge in [0, 0.05) is 0 Å². The van der Waals surface area contributed by atoms with Crippen LogP contribution in [0.15, 0.2) is 73.0 Å². The van der Waals surface area contributed by atoms with Crippen molar-refractivity contribution in [3.05, 3.63) is 89.7 Å². The molecule has 0 aliphatic rings. The maximum Gasteiger partial charge on any atom is 0.160 e. The molecule has 0 amide bonds. The van der Waals surface area contributed by atoms with E-state index in [1.165, 1.54) is 17.3 Å². The standard InChI is InChI=1S/C25H31NO2/c1-5-25(3,22-12-13-23(27)24(18-22)28-4)15-14-20(10-6-7-16-26)21-11-8-9-19(2)17-21/h6-14,16-18,27H,5,15,26H2,1-4H3/b10-6-,16-7+,20-14+. The Balaban J connectivity index is 2.41. The number of benzene rings is 2. The normalized spacial score (nSPS) is 14.5. The summed E-state index contributed by atoms with van der Waals surface area (Å²) in [6.45, 7) is 6.53. The molecule has 1 unspecified atom stereocenters. The predicted octanol–water partition coefficient (Wildman–Crippen LogP) is 5.88. The lowest BCUT2D eigenvalue weighted by atomic mass is 9.76. The van der Waals surface area contributed by atoms with Crippen LogP contribution in [-0.2, 0) is 5.41 Å². The molecule has 0 saturated heterocycles. The van der Waals surface area contributed by atoms with Crippen molar-refractivity contribution in [2.45, 2.75) is 39.0 Å². The van der Waals surface area contributed by atoms with E-state index in [9.17, 15) is 5.11 Å². The van der Waals surface area contributed by atoms with Gasteiger partial charge in [0.2, 0.25) is 0 Å². The first-order valence-corrected chi connectivity index (χ1v) is 9.63. The summed E-state index contributed by atoms with van der Waals surface area (Å²) in [6, 6.07) is 14.1. The van der Waals surface area contributed by atoms with Crippen LogP contribution in [0.1, 0.15) is 43.4 Å². The molecule has 0 saturated carbocycles. The van der Waals surface area contributed by atoms with Crippen LogP contribution < -0.4 is 10.5 Å². The minimum absolute atomic E-state index is 0.0758. The minimum Gasteiger partial charge on any atom is -0.504 e. The Morgan fingerprint density at radius 1 is 1.18 bits per heavy atom. The molecule has 3 N–H and O–H groups in total. The lowest BCUT2D eigenvalue weighted by Crippen LogP contribution is -2.20. The number of allylic oxidation sites excluding steroid dienone is 5. The van der Waals surface area contributed by atoms with Crippen molar-refractivity contribution in [1.29, 1.82) is 0 Å². The van der Waals surface area contributed by atoms with Crippen LogP contribution in [0.5, 0.6) is 11.5 Å².